The molecule has 9 nitrogen and oxygen atoms in total. The molecule has 0 fully saturated rings. The zero-order valence-corrected chi connectivity index (χ0v) is 25.1. The van der Waals surface area contributed by atoms with Crippen molar-refractivity contribution in [2.75, 3.05) is 45.1 Å². The lowest BCUT2D eigenvalue weighted by atomic mass is 9.87. The van der Waals surface area contributed by atoms with Crippen LogP contribution in [0.2, 0.25) is 0 Å². The number of fused-ring (bicyclic) bond motifs is 1. The second-order valence-electron chi connectivity index (χ2n) is 10.6. The maximum absolute atomic E-state index is 13.7. The van der Waals surface area contributed by atoms with E-state index in [0.717, 1.165) is 28.9 Å². The highest BCUT2D eigenvalue weighted by molar-refractivity contribution is 8.00. The lowest BCUT2D eigenvalue weighted by Gasteiger charge is -2.25. The van der Waals surface area contributed by atoms with Crippen LogP contribution in [0.5, 0.6) is 17.2 Å². The zero-order valence-electron chi connectivity index (χ0n) is 24.2. The van der Waals surface area contributed by atoms with E-state index >= 15 is 0 Å². The summed E-state index contributed by atoms with van der Waals surface area (Å²) in [5, 5.41) is 7.79. The van der Waals surface area contributed by atoms with Crippen molar-refractivity contribution in [2.45, 2.75) is 44.8 Å². The van der Waals surface area contributed by atoms with Crippen LogP contribution in [0.1, 0.15) is 56.2 Å². The summed E-state index contributed by atoms with van der Waals surface area (Å²) >= 11 is 1.52. The minimum Gasteiger partial charge on any atom is -0.497 e. The quantitative estimate of drug-likeness (QED) is 0.394. The Balaban J connectivity index is 1.99. The van der Waals surface area contributed by atoms with Gasteiger partial charge in [0.2, 0.25) is 11.8 Å². The van der Waals surface area contributed by atoms with Gasteiger partial charge < -0.3 is 19.5 Å². The molecule has 40 heavy (non-hydrogen) atoms. The first kappa shape index (κ1) is 29.3. The third kappa shape index (κ3) is 5.91. The van der Waals surface area contributed by atoms with Gasteiger partial charge in [-0.15, -0.1) is 11.8 Å². The van der Waals surface area contributed by atoms with Gasteiger partial charge in [-0.2, -0.15) is 5.10 Å². The van der Waals surface area contributed by atoms with Gasteiger partial charge >= 0.3 is 0 Å². The van der Waals surface area contributed by atoms with E-state index in [2.05, 4.69) is 26.1 Å². The van der Waals surface area contributed by atoms with Crippen molar-refractivity contribution in [1.29, 1.82) is 0 Å². The monoisotopic (exact) mass is 566 g/mol. The van der Waals surface area contributed by atoms with Crippen molar-refractivity contribution in [2.24, 2.45) is 0 Å². The van der Waals surface area contributed by atoms with Crippen molar-refractivity contribution in [3.63, 3.8) is 0 Å². The first-order chi connectivity index (χ1) is 19.1. The summed E-state index contributed by atoms with van der Waals surface area (Å²) < 4.78 is 18.3. The molecule has 1 N–H and O–H groups in total. The Bertz CT molecular complexity index is 1360. The van der Waals surface area contributed by atoms with Crippen molar-refractivity contribution < 1.29 is 23.8 Å². The smallest absolute Gasteiger partial charge is 0.240 e. The predicted octanol–water partition coefficient (Wildman–Crippen LogP) is 4.89. The van der Waals surface area contributed by atoms with Gasteiger partial charge in [-0.05, 0) is 48.4 Å². The van der Waals surface area contributed by atoms with Gasteiger partial charge in [0.15, 0.2) is 11.5 Å². The van der Waals surface area contributed by atoms with Crippen LogP contribution in [0.25, 0.3) is 5.69 Å². The summed E-state index contributed by atoms with van der Waals surface area (Å²) in [5.41, 5.74) is 3.10. The van der Waals surface area contributed by atoms with E-state index in [1.54, 1.807) is 30.9 Å². The Hall–Kier alpha value is -3.66. The Morgan fingerprint density at radius 1 is 1.05 bits per heavy atom. The van der Waals surface area contributed by atoms with E-state index < -0.39 is 0 Å². The molecule has 0 radical (unpaired) electrons. The van der Waals surface area contributed by atoms with Crippen LogP contribution < -0.4 is 24.4 Å². The molecule has 3 aromatic rings. The molecule has 214 valence electrons. The van der Waals surface area contributed by atoms with E-state index in [4.69, 9.17) is 19.3 Å². The highest BCUT2D eigenvalue weighted by Crippen LogP contribution is 2.49. The van der Waals surface area contributed by atoms with Gasteiger partial charge in [0.1, 0.15) is 18.1 Å². The average molecular weight is 567 g/mol. The van der Waals surface area contributed by atoms with Crippen LogP contribution in [-0.2, 0) is 15.0 Å². The first-order valence-corrected chi connectivity index (χ1v) is 14.4. The summed E-state index contributed by atoms with van der Waals surface area (Å²) in [4.78, 5) is 28.3. The van der Waals surface area contributed by atoms with Crippen molar-refractivity contribution in [1.82, 2.24) is 15.1 Å². The van der Waals surface area contributed by atoms with Gasteiger partial charge in [0, 0.05) is 17.5 Å². The lowest BCUT2D eigenvalue weighted by molar-refractivity contribution is -0.122. The molecule has 10 heteroatoms. The number of benzene rings is 2. The maximum Gasteiger partial charge on any atom is 0.240 e. The SMILES string of the molecule is CCCNC(=O)CN1C(=O)CSC(c2ccc(OC)c(OC)c2)c2c(C(C)(C)C)nn(-c3ccc(OC)cc3)c21. The predicted molar refractivity (Wildman–Crippen MR) is 158 cm³/mol. The van der Waals surface area contributed by atoms with Crippen LogP contribution in [0.4, 0.5) is 5.82 Å². The standard InChI is InChI=1S/C30H38N4O5S/c1-8-15-31-24(35)17-33-25(36)18-40-27(19-9-14-22(38-6)23(16-19)39-7)26-28(30(2,3)4)32-34(29(26)33)20-10-12-21(37-5)13-11-20/h9-14,16,27H,8,15,17-18H2,1-7H3,(H,31,35). The molecular weight excluding hydrogens is 528 g/mol. The summed E-state index contributed by atoms with van der Waals surface area (Å²) in [6, 6.07) is 13.3. The maximum atomic E-state index is 13.7. The number of nitrogens with zero attached hydrogens (tertiary/aromatic N) is 3. The largest absolute Gasteiger partial charge is 0.497 e. The lowest BCUT2D eigenvalue weighted by Crippen LogP contribution is -2.42. The van der Waals surface area contributed by atoms with Gasteiger partial charge in [0.05, 0.1) is 43.7 Å². The number of hydrogen-bond acceptors (Lipinski definition) is 7. The van der Waals surface area contributed by atoms with Gasteiger partial charge in [-0.3, -0.25) is 14.5 Å². The molecule has 0 saturated heterocycles. The second kappa shape index (κ2) is 12.2. The Kier molecular flexibility index (Phi) is 8.98. The molecule has 2 aromatic carbocycles. The van der Waals surface area contributed by atoms with Crippen molar-refractivity contribution in [3.8, 4) is 22.9 Å². The van der Waals surface area contributed by atoms with E-state index in [9.17, 15) is 9.59 Å². The molecule has 1 aliphatic heterocycles. The summed E-state index contributed by atoms with van der Waals surface area (Å²) in [5.74, 6) is 2.36. The van der Waals surface area contributed by atoms with Crippen LogP contribution in [0.3, 0.4) is 0 Å². The Morgan fingerprint density at radius 3 is 2.35 bits per heavy atom. The number of rotatable bonds is 9. The molecule has 0 aliphatic carbocycles. The molecule has 4 rings (SSSR count). The normalized spacial score (nSPS) is 15.3. The molecule has 0 bridgehead atoms. The third-order valence-corrected chi connectivity index (χ3v) is 7.96. The van der Waals surface area contributed by atoms with E-state index in [0.29, 0.717) is 29.6 Å². The Labute approximate surface area is 240 Å². The molecule has 1 aliphatic rings. The number of amides is 2. The molecule has 1 unspecified atom stereocenters. The summed E-state index contributed by atoms with van der Waals surface area (Å²) in [7, 11) is 4.83. The number of carbonyl (C=O) groups is 2. The molecule has 1 aromatic heterocycles. The fourth-order valence-electron chi connectivity index (χ4n) is 4.72. The molecule has 2 amide bonds. The topological polar surface area (TPSA) is 94.9 Å². The number of ether oxygens (including phenoxy) is 3. The first-order valence-electron chi connectivity index (χ1n) is 13.3. The molecule has 2 heterocycles. The van der Waals surface area contributed by atoms with Gasteiger partial charge in [0.25, 0.3) is 0 Å². The number of aromatic nitrogens is 2. The number of carbonyl (C=O) groups excluding carboxylic acids is 2. The van der Waals surface area contributed by atoms with Gasteiger partial charge in [-0.25, -0.2) is 4.68 Å². The van der Waals surface area contributed by atoms with E-state index in [1.165, 1.54) is 11.8 Å². The van der Waals surface area contributed by atoms with Crippen LogP contribution in [-0.4, -0.2) is 61.8 Å². The second-order valence-corrected chi connectivity index (χ2v) is 11.7. The molecular formula is C30H38N4O5S. The molecule has 0 spiro atoms. The number of methoxy groups -OCH3 is 3. The highest BCUT2D eigenvalue weighted by Gasteiger charge is 2.40. The minimum atomic E-state index is -0.360. The number of anilines is 1. The van der Waals surface area contributed by atoms with Crippen LogP contribution >= 0.6 is 11.8 Å². The summed E-state index contributed by atoms with van der Waals surface area (Å²) in [6.07, 6.45) is 0.806. The Morgan fingerprint density at radius 2 is 1.75 bits per heavy atom. The highest BCUT2D eigenvalue weighted by atomic mass is 32.2. The van der Waals surface area contributed by atoms with Crippen molar-refractivity contribution in [3.05, 3.63) is 59.3 Å². The van der Waals surface area contributed by atoms with Gasteiger partial charge in [-0.1, -0.05) is 33.8 Å². The fourth-order valence-corrected chi connectivity index (χ4v) is 5.91. The zero-order chi connectivity index (χ0) is 29.0. The van der Waals surface area contributed by atoms with Crippen LogP contribution in [0.15, 0.2) is 42.5 Å². The van der Waals surface area contributed by atoms with Crippen LogP contribution in [0, 0.1) is 0 Å². The average Bonchev–Trinajstić information content (AvgIpc) is 3.29. The van der Waals surface area contributed by atoms with Crippen molar-refractivity contribution >= 4 is 29.4 Å². The molecule has 0 saturated carbocycles. The third-order valence-electron chi connectivity index (χ3n) is 6.70. The fraction of sp³-hybridized carbons (Fsp3) is 0.433. The number of nitrogens with one attached hydrogen (secondary N) is 1. The van der Waals surface area contributed by atoms with E-state index in [-0.39, 0.29) is 34.8 Å². The van der Waals surface area contributed by atoms with E-state index in [1.807, 2.05) is 49.4 Å². The number of hydrogen-bond donors (Lipinski definition) is 1. The summed E-state index contributed by atoms with van der Waals surface area (Å²) in [6.45, 7) is 8.76. The molecule has 1 atom stereocenters. The number of thioether (sulfide) groups is 1. The minimum absolute atomic E-state index is 0.101.